The van der Waals surface area contributed by atoms with E-state index in [0.717, 1.165) is 5.56 Å². The first-order chi connectivity index (χ1) is 13.0. The SMILES string of the molecule is Cn1cccc1C(=O)COC(=O)c1cccc(OCc2ccc(F)cc2)c1. The minimum absolute atomic E-state index is 0.241. The Labute approximate surface area is 156 Å². The number of rotatable bonds is 7. The number of Topliss-reactive ketones (excluding diaryl/α,β-unsaturated/α-hetero) is 1. The van der Waals surface area contributed by atoms with E-state index in [1.165, 1.54) is 12.1 Å². The van der Waals surface area contributed by atoms with Crippen LogP contribution in [0.25, 0.3) is 0 Å². The van der Waals surface area contributed by atoms with Crippen molar-refractivity contribution >= 4 is 11.8 Å². The molecule has 6 heteroatoms. The van der Waals surface area contributed by atoms with Crippen LogP contribution < -0.4 is 4.74 Å². The third kappa shape index (κ3) is 4.82. The van der Waals surface area contributed by atoms with Crippen molar-refractivity contribution in [2.75, 3.05) is 6.61 Å². The van der Waals surface area contributed by atoms with Crippen LogP contribution in [0.5, 0.6) is 5.75 Å². The minimum atomic E-state index is -0.607. The molecule has 0 aliphatic rings. The van der Waals surface area contributed by atoms with Crippen LogP contribution in [-0.2, 0) is 18.4 Å². The average molecular weight is 367 g/mol. The zero-order valence-corrected chi connectivity index (χ0v) is 14.7. The van der Waals surface area contributed by atoms with Crippen LogP contribution in [0.3, 0.4) is 0 Å². The highest BCUT2D eigenvalue weighted by Crippen LogP contribution is 2.16. The molecule has 5 nitrogen and oxygen atoms in total. The molecule has 0 saturated carbocycles. The summed E-state index contributed by atoms with van der Waals surface area (Å²) in [6.07, 6.45) is 1.75. The van der Waals surface area contributed by atoms with Crippen LogP contribution in [0.4, 0.5) is 4.39 Å². The Balaban J connectivity index is 1.57. The Bertz CT molecular complexity index is 947. The Hall–Kier alpha value is -3.41. The first kappa shape index (κ1) is 18.4. The molecule has 0 atom stereocenters. The first-order valence-electron chi connectivity index (χ1n) is 8.32. The average Bonchev–Trinajstić information content (AvgIpc) is 3.11. The van der Waals surface area contributed by atoms with Gasteiger partial charge in [-0.05, 0) is 48.0 Å². The summed E-state index contributed by atoms with van der Waals surface area (Å²) in [4.78, 5) is 24.3. The van der Waals surface area contributed by atoms with Gasteiger partial charge in [-0.3, -0.25) is 4.79 Å². The van der Waals surface area contributed by atoms with Gasteiger partial charge in [-0.2, -0.15) is 0 Å². The number of esters is 1. The lowest BCUT2D eigenvalue weighted by molar-refractivity contribution is 0.0472. The van der Waals surface area contributed by atoms with E-state index in [1.807, 2.05) is 0 Å². The second-order valence-corrected chi connectivity index (χ2v) is 5.95. The van der Waals surface area contributed by atoms with Crippen molar-refractivity contribution in [2.24, 2.45) is 7.05 Å². The van der Waals surface area contributed by atoms with E-state index in [0.29, 0.717) is 11.4 Å². The lowest BCUT2D eigenvalue weighted by Crippen LogP contribution is -2.16. The van der Waals surface area contributed by atoms with Crippen molar-refractivity contribution < 1.29 is 23.5 Å². The maximum absolute atomic E-state index is 12.9. The van der Waals surface area contributed by atoms with Gasteiger partial charge in [0.1, 0.15) is 18.2 Å². The third-order valence-corrected chi connectivity index (χ3v) is 3.95. The number of ether oxygens (including phenoxy) is 2. The van der Waals surface area contributed by atoms with E-state index < -0.39 is 5.97 Å². The number of halogens is 1. The fraction of sp³-hybridized carbons (Fsp3) is 0.143. The van der Waals surface area contributed by atoms with Crippen molar-refractivity contribution in [3.63, 3.8) is 0 Å². The van der Waals surface area contributed by atoms with Crippen molar-refractivity contribution in [1.29, 1.82) is 0 Å². The second-order valence-electron chi connectivity index (χ2n) is 5.95. The van der Waals surface area contributed by atoms with E-state index in [2.05, 4.69) is 0 Å². The Kier molecular flexibility index (Phi) is 5.66. The van der Waals surface area contributed by atoms with Crippen molar-refractivity contribution in [3.8, 4) is 5.75 Å². The molecule has 0 bridgehead atoms. The molecule has 0 fully saturated rings. The first-order valence-corrected chi connectivity index (χ1v) is 8.32. The van der Waals surface area contributed by atoms with Crippen LogP contribution in [0.2, 0.25) is 0 Å². The molecule has 0 spiro atoms. The number of ketones is 1. The molecule has 0 aliphatic carbocycles. The van der Waals surface area contributed by atoms with Crippen molar-refractivity contribution in [2.45, 2.75) is 6.61 Å². The zero-order valence-electron chi connectivity index (χ0n) is 14.7. The highest BCUT2D eigenvalue weighted by Gasteiger charge is 2.14. The Morgan fingerprint density at radius 3 is 2.52 bits per heavy atom. The van der Waals surface area contributed by atoms with E-state index in [9.17, 15) is 14.0 Å². The fourth-order valence-electron chi connectivity index (χ4n) is 2.50. The Morgan fingerprint density at radius 1 is 1.04 bits per heavy atom. The molecule has 2 aromatic carbocycles. The molecule has 3 aromatic rings. The largest absolute Gasteiger partial charge is 0.489 e. The number of aromatic nitrogens is 1. The molecule has 1 aromatic heterocycles. The molecular formula is C21H18FNO4. The minimum Gasteiger partial charge on any atom is -0.489 e. The van der Waals surface area contributed by atoms with Gasteiger partial charge in [0.15, 0.2) is 6.61 Å². The molecule has 0 unspecified atom stereocenters. The third-order valence-electron chi connectivity index (χ3n) is 3.95. The number of hydrogen-bond acceptors (Lipinski definition) is 4. The molecule has 0 radical (unpaired) electrons. The summed E-state index contributed by atoms with van der Waals surface area (Å²) in [5.41, 5.74) is 1.56. The van der Waals surface area contributed by atoms with E-state index in [1.54, 1.807) is 66.3 Å². The quantitative estimate of drug-likeness (QED) is 0.471. The summed E-state index contributed by atoms with van der Waals surface area (Å²) >= 11 is 0. The van der Waals surface area contributed by atoms with Gasteiger partial charge < -0.3 is 14.0 Å². The fourth-order valence-corrected chi connectivity index (χ4v) is 2.50. The van der Waals surface area contributed by atoms with Crippen LogP contribution in [-0.4, -0.2) is 22.9 Å². The predicted molar refractivity (Wildman–Crippen MR) is 97.2 cm³/mol. The van der Waals surface area contributed by atoms with Gasteiger partial charge in [-0.15, -0.1) is 0 Å². The predicted octanol–water partition coefficient (Wildman–Crippen LogP) is 3.78. The molecule has 3 rings (SSSR count). The van der Waals surface area contributed by atoms with E-state index in [4.69, 9.17) is 9.47 Å². The monoisotopic (exact) mass is 367 g/mol. The maximum Gasteiger partial charge on any atom is 0.338 e. The van der Waals surface area contributed by atoms with Gasteiger partial charge in [0, 0.05) is 13.2 Å². The molecular weight excluding hydrogens is 349 g/mol. The van der Waals surface area contributed by atoms with E-state index in [-0.39, 0.29) is 30.4 Å². The normalized spacial score (nSPS) is 10.4. The number of carbonyl (C=O) groups excluding carboxylic acids is 2. The van der Waals surface area contributed by atoms with Crippen LogP contribution >= 0.6 is 0 Å². The summed E-state index contributed by atoms with van der Waals surface area (Å²) in [5, 5.41) is 0. The molecule has 0 N–H and O–H groups in total. The molecule has 0 aliphatic heterocycles. The highest BCUT2D eigenvalue weighted by molar-refractivity contribution is 5.98. The van der Waals surface area contributed by atoms with Crippen molar-refractivity contribution in [3.05, 3.63) is 89.5 Å². The maximum atomic E-state index is 12.9. The number of nitrogens with zero attached hydrogens (tertiary/aromatic N) is 1. The van der Waals surface area contributed by atoms with E-state index >= 15 is 0 Å². The van der Waals surface area contributed by atoms with Crippen LogP contribution in [0.15, 0.2) is 66.9 Å². The van der Waals surface area contributed by atoms with Gasteiger partial charge >= 0.3 is 5.97 Å². The van der Waals surface area contributed by atoms with Gasteiger partial charge in [0.25, 0.3) is 0 Å². The summed E-state index contributed by atoms with van der Waals surface area (Å²) in [6, 6.07) is 15.9. The summed E-state index contributed by atoms with van der Waals surface area (Å²) in [5.74, 6) is -0.722. The topological polar surface area (TPSA) is 57.5 Å². The summed E-state index contributed by atoms with van der Waals surface area (Å²) < 4.78 is 25.3. The number of carbonyl (C=O) groups is 2. The standard InChI is InChI=1S/C21H18FNO4/c1-23-11-3-6-19(23)20(24)14-27-21(25)16-4-2-5-18(12-16)26-13-15-7-9-17(22)10-8-15/h2-12H,13-14H2,1H3. The lowest BCUT2D eigenvalue weighted by Gasteiger charge is -2.09. The smallest absolute Gasteiger partial charge is 0.338 e. The number of benzene rings is 2. The van der Waals surface area contributed by atoms with Gasteiger partial charge in [0.2, 0.25) is 5.78 Å². The molecule has 0 saturated heterocycles. The summed E-state index contributed by atoms with van der Waals surface area (Å²) in [6.45, 7) is -0.0951. The second kappa shape index (κ2) is 8.31. The van der Waals surface area contributed by atoms with Crippen LogP contribution in [0.1, 0.15) is 26.4 Å². The number of hydrogen-bond donors (Lipinski definition) is 0. The highest BCUT2D eigenvalue weighted by atomic mass is 19.1. The lowest BCUT2D eigenvalue weighted by atomic mass is 10.2. The zero-order chi connectivity index (χ0) is 19.2. The molecule has 1 heterocycles. The molecule has 0 amide bonds. The van der Waals surface area contributed by atoms with Gasteiger partial charge in [-0.25, -0.2) is 9.18 Å². The van der Waals surface area contributed by atoms with Gasteiger partial charge in [0.05, 0.1) is 11.3 Å². The van der Waals surface area contributed by atoms with Crippen LogP contribution in [0, 0.1) is 5.82 Å². The Morgan fingerprint density at radius 2 is 1.81 bits per heavy atom. The number of aryl methyl sites for hydroxylation is 1. The van der Waals surface area contributed by atoms with Crippen molar-refractivity contribution in [1.82, 2.24) is 4.57 Å². The molecule has 138 valence electrons. The molecule has 27 heavy (non-hydrogen) atoms. The van der Waals surface area contributed by atoms with Gasteiger partial charge in [-0.1, -0.05) is 18.2 Å². The summed E-state index contributed by atoms with van der Waals surface area (Å²) in [7, 11) is 1.75.